The summed E-state index contributed by atoms with van der Waals surface area (Å²) in [5.41, 5.74) is 1.10. The molecule has 0 aliphatic carbocycles. The lowest BCUT2D eigenvalue weighted by molar-refractivity contribution is 0.0697. The van der Waals surface area contributed by atoms with Gasteiger partial charge in [-0.1, -0.05) is 17.3 Å². The fourth-order valence-corrected chi connectivity index (χ4v) is 2.84. The predicted octanol–water partition coefficient (Wildman–Crippen LogP) is 1.71. The second-order valence-electron chi connectivity index (χ2n) is 5.83. The van der Waals surface area contributed by atoms with Crippen molar-refractivity contribution in [3.63, 3.8) is 0 Å². The molecule has 0 unspecified atom stereocenters. The molecule has 1 N–H and O–H groups in total. The number of rotatable bonds is 4. The van der Waals surface area contributed by atoms with Crippen molar-refractivity contribution in [1.29, 1.82) is 0 Å². The standard InChI is InChI=1S/C16H20FN5O.ClH/c1-21(14-5-7-18-8-6-14)16(23)15-11-22(20-19-15)10-12-3-2-4-13(17)9-12;/h2-4,9,11,14,18H,5-8,10H2,1H3;1H. The quantitative estimate of drug-likeness (QED) is 0.909. The van der Waals surface area contributed by atoms with Gasteiger partial charge in [-0.05, 0) is 43.6 Å². The third-order valence-electron chi connectivity index (χ3n) is 4.17. The zero-order valence-corrected chi connectivity index (χ0v) is 14.3. The molecule has 1 saturated heterocycles. The molecule has 1 amide bonds. The van der Waals surface area contributed by atoms with Crippen LogP contribution in [0.1, 0.15) is 28.9 Å². The van der Waals surface area contributed by atoms with E-state index in [4.69, 9.17) is 0 Å². The minimum atomic E-state index is -0.287. The lowest BCUT2D eigenvalue weighted by Crippen LogP contribution is -2.44. The van der Waals surface area contributed by atoms with Gasteiger partial charge in [0.2, 0.25) is 0 Å². The van der Waals surface area contributed by atoms with Crippen LogP contribution in [0.2, 0.25) is 0 Å². The molecule has 6 nitrogen and oxygen atoms in total. The van der Waals surface area contributed by atoms with Crippen molar-refractivity contribution in [3.05, 3.63) is 47.5 Å². The topological polar surface area (TPSA) is 63.1 Å². The highest BCUT2D eigenvalue weighted by Gasteiger charge is 2.24. The van der Waals surface area contributed by atoms with E-state index in [9.17, 15) is 9.18 Å². The van der Waals surface area contributed by atoms with Crippen molar-refractivity contribution in [2.24, 2.45) is 0 Å². The summed E-state index contributed by atoms with van der Waals surface area (Å²) in [5, 5.41) is 11.2. The predicted molar refractivity (Wildman–Crippen MR) is 90.8 cm³/mol. The van der Waals surface area contributed by atoms with Crippen molar-refractivity contribution in [1.82, 2.24) is 25.2 Å². The van der Waals surface area contributed by atoms with E-state index in [0.717, 1.165) is 31.5 Å². The highest BCUT2D eigenvalue weighted by molar-refractivity contribution is 5.91. The molecule has 2 aromatic rings. The zero-order chi connectivity index (χ0) is 16.2. The van der Waals surface area contributed by atoms with Gasteiger partial charge in [0.25, 0.3) is 5.91 Å². The highest BCUT2D eigenvalue weighted by atomic mass is 35.5. The van der Waals surface area contributed by atoms with Crippen LogP contribution >= 0.6 is 12.4 Å². The van der Waals surface area contributed by atoms with E-state index < -0.39 is 0 Å². The van der Waals surface area contributed by atoms with Gasteiger partial charge in [0, 0.05) is 13.1 Å². The van der Waals surface area contributed by atoms with Crippen LogP contribution in [0.25, 0.3) is 0 Å². The SMILES string of the molecule is CN(C(=O)c1cn(Cc2cccc(F)c2)nn1)C1CCNCC1.Cl. The molecule has 8 heteroatoms. The molecular weight excluding hydrogens is 333 g/mol. The monoisotopic (exact) mass is 353 g/mol. The number of carbonyl (C=O) groups excluding carboxylic acids is 1. The molecule has 2 heterocycles. The van der Waals surface area contributed by atoms with Gasteiger partial charge in [0.05, 0.1) is 12.7 Å². The Balaban J connectivity index is 0.00000208. The number of amides is 1. The Bertz CT molecular complexity index is 687. The molecule has 0 bridgehead atoms. The van der Waals surface area contributed by atoms with Gasteiger partial charge in [0.15, 0.2) is 5.69 Å². The van der Waals surface area contributed by atoms with Gasteiger partial charge in [-0.25, -0.2) is 9.07 Å². The average molecular weight is 354 g/mol. The number of halogens is 2. The molecule has 130 valence electrons. The molecule has 0 saturated carbocycles. The summed E-state index contributed by atoms with van der Waals surface area (Å²) in [5.74, 6) is -0.410. The molecule has 0 atom stereocenters. The van der Waals surface area contributed by atoms with Crippen LogP contribution in [0.15, 0.2) is 30.5 Å². The third kappa shape index (κ3) is 4.30. The molecule has 1 aromatic heterocycles. The molecule has 0 radical (unpaired) electrons. The molecule has 1 aromatic carbocycles. The first-order valence-electron chi connectivity index (χ1n) is 7.76. The number of nitrogens with one attached hydrogen (secondary N) is 1. The van der Waals surface area contributed by atoms with Crippen molar-refractivity contribution in [3.8, 4) is 0 Å². The summed E-state index contributed by atoms with van der Waals surface area (Å²) >= 11 is 0. The van der Waals surface area contributed by atoms with Gasteiger partial charge < -0.3 is 10.2 Å². The van der Waals surface area contributed by atoms with Crippen LogP contribution in [0.3, 0.4) is 0 Å². The first-order valence-corrected chi connectivity index (χ1v) is 7.76. The first-order chi connectivity index (χ1) is 11.1. The van der Waals surface area contributed by atoms with Gasteiger partial charge in [0.1, 0.15) is 5.82 Å². The van der Waals surface area contributed by atoms with Crippen LogP contribution in [0, 0.1) is 5.82 Å². The van der Waals surface area contributed by atoms with Crippen LogP contribution in [-0.2, 0) is 6.54 Å². The maximum absolute atomic E-state index is 13.2. The Kier molecular flexibility index (Phi) is 6.28. The number of benzene rings is 1. The van der Waals surface area contributed by atoms with Crippen molar-refractivity contribution in [2.75, 3.05) is 20.1 Å². The molecular formula is C16H21ClFN5O. The highest BCUT2D eigenvalue weighted by Crippen LogP contribution is 2.13. The van der Waals surface area contributed by atoms with Crippen LogP contribution in [0.4, 0.5) is 4.39 Å². The van der Waals surface area contributed by atoms with Gasteiger partial charge in [-0.2, -0.15) is 0 Å². The lowest BCUT2D eigenvalue weighted by Gasteiger charge is -2.31. The van der Waals surface area contributed by atoms with Crippen LogP contribution < -0.4 is 5.32 Å². The van der Waals surface area contributed by atoms with E-state index in [1.165, 1.54) is 12.1 Å². The number of hydrogen-bond acceptors (Lipinski definition) is 4. The molecule has 1 aliphatic rings. The smallest absolute Gasteiger partial charge is 0.276 e. The Morgan fingerprint density at radius 1 is 1.42 bits per heavy atom. The number of nitrogens with zero attached hydrogens (tertiary/aromatic N) is 4. The normalized spacial score (nSPS) is 14.9. The van der Waals surface area contributed by atoms with E-state index >= 15 is 0 Å². The van der Waals surface area contributed by atoms with E-state index in [-0.39, 0.29) is 30.2 Å². The minimum absolute atomic E-state index is 0. The maximum Gasteiger partial charge on any atom is 0.276 e. The number of piperidine rings is 1. The van der Waals surface area contributed by atoms with Crippen molar-refractivity contribution >= 4 is 18.3 Å². The Morgan fingerprint density at radius 3 is 2.88 bits per heavy atom. The molecule has 1 aliphatic heterocycles. The Hall–Kier alpha value is -1.99. The van der Waals surface area contributed by atoms with E-state index in [1.807, 2.05) is 13.1 Å². The molecule has 0 spiro atoms. The zero-order valence-electron chi connectivity index (χ0n) is 13.5. The second-order valence-corrected chi connectivity index (χ2v) is 5.83. The summed E-state index contributed by atoms with van der Waals surface area (Å²) in [7, 11) is 1.81. The number of hydrogen-bond donors (Lipinski definition) is 1. The summed E-state index contributed by atoms with van der Waals surface area (Å²) in [6.07, 6.45) is 3.50. The van der Waals surface area contributed by atoms with Crippen molar-refractivity contribution in [2.45, 2.75) is 25.4 Å². The van der Waals surface area contributed by atoms with Crippen LogP contribution in [0.5, 0.6) is 0 Å². The Labute approximate surface area is 146 Å². The molecule has 1 fully saturated rings. The van der Waals surface area contributed by atoms with Gasteiger partial charge in [-0.3, -0.25) is 4.79 Å². The molecule has 24 heavy (non-hydrogen) atoms. The fraction of sp³-hybridized carbons (Fsp3) is 0.438. The summed E-state index contributed by atoms with van der Waals surface area (Å²) in [4.78, 5) is 14.2. The van der Waals surface area contributed by atoms with E-state index in [0.29, 0.717) is 12.2 Å². The maximum atomic E-state index is 13.2. The second kappa shape index (κ2) is 8.21. The Morgan fingerprint density at radius 2 is 2.17 bits per heavy atom. The van der Waals surface area contributed by atoms with Crippen LogP contribution in [-0.4, -0.2) is 52.0 Å². The van der Waals surface area contributed by atoms with Gasteiger partial charge in [-0.15, -0.1) is 17.5 Å². The fourth-order valence-electron chi connectivity index (χ4n) is 2.84. The summed E-state index contributed by atoms with van der Waals surface area (Å²) in [6.45, 7) is 2.23. The number of carbonyl (C=O) groups is 1. The van der Waals surface area contributed by atoms with E-state index in [2.05, 4.69) is 15.6 Å². The summed E-state index contributed by atoms with van der Waals surface area (Å²) in [6, 6.07) is 6.54. The number of aromatic nitrogens is 3. The molecule has 3 rings (SSSR count). The van der Waals surface area contributed by atoms with Gasteiger partial charge >= 0.3 is 0 Å². The third-order valence-corrected chi connectivity index (χ3v) is 4.17. The minimum Gasteiger partial charge on any atom is -0.337 e. The van der Waals surface area contributed by atoms with E-state index in [1.54, 1.807) is 21.8 Å². The average Bonchev–Trinajstić information content (AvgIpc) is 3.03. The summed E-state index contributed by atoms with van der Waals surface area (Å²) < 4.78 is 14.8. The van der Waals surface area contributed by atoms with Crippen molar-refractivity contribution < 1.29 is 9.18 Å². The first kappa shape index (κ1) is 18.4. The largest absolute Gasteiger partial charge is 0.337 e. The lowest BCUT2D eigenvalue weighted by atomic mass is 10.1.